The van der Waals surface area contributed by atoms with Gasteiger partial charge in [0.05, 0.1) is 19.6 Å². The van der Waals surface area contributed by atoms with Crippen molar-refractivity contribution in [1.29, 1.82) is 0 Å². The first-order valence-corrected chi connectivity index (χ1v) is 6.41. The van der Waals surface area contributed by atoms with Gasteiger partial charge in [-0.05, 0) is 12.1 Å². The monoisotopic (exact) mass is 287 g/mol. The van der Waals surface area contributed by atoms with Gasteiger partial charge in [0.25, 0.3) is 0 Å². The molecule has 1 N–H and O–H groups in total. The van der Waals surface area contributed by atoms with Crippen LogP contribution in [0.15, 0.2) is 18.2 Å². The third kappa shape index (κ3) is 3.89. The minimum Gasteiger partial charge on any atom is -0.481 e. The first kappa shape index (κ1) is 14.2. The normalized spacial score (nSPS) is 20.4. The molecule has 1 unspecified atom stereocenters. The Kier molecular flexibility index (Phi) is 4.74. The molecule has 104 valence electrons. The minimum absolute atomic E-state index is 0.00475. The molecule has 0 bridgehead atoms. The predicted molar refractivity (Wildman–Crippen MR) is 68.7 cm³/mol. The number of carbonyl (C=O) groups is 1. The molecule has 1 aromatic rings. The fourth-order valence-electron chi connectivity index (χ4n) is 2.16. The fraction of sp³-hybridized carbons (Fsp3) is 0.462. The number of rotatable bonds is 4. The maximum Gasteiger partial charge on any atom is 0.305 e. The zero-order valence-corrected chi connectivity index (χ0v) is 11.1. The highest BCUT2D eigenvalue weighted by molar-refractivity contribution is 6.30. The molecule has 0 aromatic heterocycles. The van der Waals surface area contributed by atoms with Gasteiger partial charge in [0.1, 0.15) is 5.82 Å². The topological polar surface area (TPSA) is 49.8 Å². The van der Waals surface area contributed by atoms with E-state index in [1.54, 1.807) is 12.1 Å². The number of halogens is 2. The molecule has 1 aliphatic rings. The number of nitrogens with zero attached hydrogens (tertiary/aromatic N) is 1. The highest BCUT2D eigenvalue weighted by Crippen LogP contribution is 2.19. The Morgan fingerprint density at radius 3 is 3.05 bits per heavy atom. The molecule has 0 radical (unpaired) electrons. The second kappa shape index (κ2) is 6.32. The molecule has 19 heavy (non-hydrogen) atoms. The second-order valence-corrected chi connectivity index (χ2v) is 4.97. The lowest BCUT2D eigenvalue weighted by atomic mass is 10.1. The molecular weight excluding hydrogens is 273 g/mol. The van der Waals surface area contributed by atoms with E-state index in [0.717, 1.165) is 0 Å². The Labute approximate surface area is 115 Å². The van der Waals surface area contributed by atoms with Crippen molar-refractivity contribution < 1.29 is 19.0 Å². The lowest BCUT2D eigenvalue weighted by Crippen LogP contribution is -2.46. The quantitative estimate of drug-likeness (QED) is 0.922. The van der Waals surface area contributed by atoms with Gasteiger partial charge in [-0.2, -0.15) is 0 Å². The van der Waals surface area contributed by atoms with Gasteiger partial charge in [-0.3, -0.25) is 9.69 Å². The van der Waals surface area contributed by atoms with E-state index in [9.17, 15) is 9.18 Å². The number of morpholine rings is 1. The van der Waals surface area contributed by atoms with Crippen LogP contribution in [0.4, 0.5) is 4.39 Å². The summed E-state index contributed by atoms with van der Waals surface area (Å²) in [7, 11) is 0. The Hall–Kier alpha value is -1.17. The summed E-state index contributed by atoms with van der Waals surface area (Å²) in [6.07, 6.45) is -0.00475. The third-order valence-electron chi connectivity index (χ3n) is 3.15. The minimum atomic E-state index is -0.878. The average Bonchev–Trinajstić information content (AvgIpc) is 2.34. The summed E-state index contributed by atoms with van der Waals surface area (Å²) in [4.78, 5) is 12.7. The Balaban J connectivity index is 2.08. The van der Waals surface area contributed by atoms with E-state index >= 15 is 0 Å². The molecule has 0 spiro atoms. The maximum absolute atomic E-state index is 13.7. The van der Waals surface area contributed by atoms with E-state index in [-0.39, 0.29) is 18.3 Å². The van der Waals surface area contributed by atoms with Gasteiger partial charge >= 0.3 is 5.97 Å². The Bertz CT molecular complexity index is 469. The highest BCUT2D eigenvalue weighted by Gasteiger charge is 2.25. The van der Waals surface area contributed by atoms with Crippen LogP contribution >= 0.6 is 11.6 Å². The van der Waals surface area contributed by atoms with Gasteiger partial charge in [0.2, 0.25) is 0 Å². The standard InChI is InChI=1S/C13H15ClFNO3/c14-10-2-1-9(12(15)5-10)7-16-3-4-19-8-11(16)6-13(17)18/h1-2,5,11H,3-4,6-8H2,(H,17,18). The number of carboxylic acids is 1. The van der Waals surface area contributed by atoms with Gasteiger partial charge < -0.3 is 9.84 Å². The number of aliphatic carboxylic acids is 1. The molecular formula is C13H15ClFNO3. The molecule has 1 fully saturated rings. The molecule has 1 saturated heterocycles. The van der Waals surface area contributed by atoms with Crippen molar-refractivity contribution >= 4 is 17.6 Å². The SMILES string of the molecule is O=C(O)CC1COCCN1Cc1ccc(Cl)cc1F. The van der Waals surface area contributed by atoms with Crippen LogP contribution in [-0.2, 0) is 16.1 Å². The fourth-order valence-corrected chi connectivity index (χ4v) is 2.31. The molecule has 2 rings (SSSR count). The van der Waals surface area contributed by atoms with Crippen molar-refractivity contribution in [2.24, 2.45) is 0 Å². The van der Waals surface area contributed by atoms with Crippen LogP contribution in [0.25, 0.3) is 0 Å². The third-order valence-corrected chi connectivity index (χ3v) is 3.38. The van der Waals surface area contributed by atoms with Gasteiger partial charge in [-0.1, -0.05) is 17.7 Å². The van der Waals surface area contributed by atoms with Crippen LogP contribution in [0.2, 0.25) is 5.02 Å². The lowest BCUT2D eigenvalue weighted by Gasteiger charge is -2.34. The van der Waals surface area contributed by atoms with Gasteiger partial charge in [-0.25, -0.2) is 4.39 Å². The van der Waals surface area contributed by atoms with Gasteiger partial charge in [-0.15, -0.1) is 0 Å². The highest BCUT2D eigenvalue weighted by atomic mass is 35.5. The van der Waals surface area contributed by atoms with Crippen LogP contribution in [-0.4, -0.2) is 41.8 Å². The Morgan fingerprint density at radius 2 is 2.37 bits per heavy atom. The number of hydrogen-bond donors (Lipinski definition) is 1. The van der Waals surface area contributed by atoms with Crippen LogP contribution in [0.1, 0.15) is 12.0 Å². The summed E-state index contributed by atoms with van der Waals surface area (Å²) in [5.74, 6) is -1.25. The van der Waals surface area contributed by atoms with E-state index in [1.807, 2.05) is 4.90 Å². The molecule has 4 nitrogen and oxygen atoms in total. The van der Waals surface area contributed by atoms with E-state index < -0.39 is 5.97 Å². The van der Waals surface area contributed by atoms with E-state index in [1.165, 1.54) is 6.07 Å². The molecule has 0 amide bonds. The summed E-state index contributed by atoms with van der Waals surface area (Å²) in [6.45, 7) is 1.86. The van der Waals surface area contributed by atoms with Crippen molar-refractivity contribution in [2.45, 2.75) is 19.0 Å². The number of hydrogen-bond acceptors (Lipinski definition) is 3. The van der Waals surface area contributed by atoms with Crippen LogP contribution in [0.5, 0.6) is 0 Å². The Morgan fingerprint density at radius 1 is 1.58 bits per heavy atom. The molecule has 0 aliphatic carbocycles. The van der Waals surface area contributed by atoms with E-state index in [0.29, 0.717) is 36.9 Å². The predicted octanol–water partition coefficient (Wildman–Crippen LogP) is 2.15. The summed E-state index contributed by atoms with van der Waals surface area (Å²) in [5, 5.41) is 9.22. The molecule has 0 saturated carbocycles. The van der Waals surface area contributed by atoms with Crippen LogP contribution in [0, 0.1) is 5.82 Å². The van der Waals surface area contributed by atoms with Crippen molar-refractivity contribution in [2.75, 3.05) is 19.8 Å². The van der Waals surface area contributed by atoms with Crippen molar-refractivity contribution in [3.63, 3.8) is 0 Å². The molecule has 1 atom stereocenters. The van der Waals surface area contributed by atoms with E-state index in [2.05, 4.69) is 0 Å². The van der Waals surface area contributed by atoms with Gasteiger partial charge in [0, 0.05) is 29.7 Å². The summed E-state index contributed by atoms with van der Waals surface area (Å²) < 4.78 is 19.0. The largest absolute Gasteiger partial charge is 0.481 e. The van der Waals surface area contributed by atoms with Crippen molar-refractivity contribution in [1.82, 2.24) is 4.90 Å². The molecule has 1 aromatic carbocycles. The van der Waals surface area contributed by atoms with Crippen LogP contribution in [0.3, 0.4) is 0 Å². The number of carboxylic acid groups (broad SMARTS) is 1. The number of benzene rings is 1. The average molecular weight is 288 g/mol. The summed E-state index contributed by atoms with van der Waals surface area (Å²) in [6, 6.07) is 4.31. The molecule has 6 heteroatoms. The lowest BCUT2D eigenvalue weighted by molar-refractivity contribution is -0.140. The summed E-state index contributed by atoms with van der Waals surface area (Å²) in [5.41, 5.74) is 0.515. The molecule has 1 aliphatic heterocycles. The first-order valence-electron chi connectivity index (χ1n) is 6.04. The molecule has 1 heterocycles. The first-order chi connectivity index (χ1) is 9.06. The van der Waals surface area contributed by atoms with Gasteiger partial charge in [0.15, 0.2) is 0 Å². The smallest absolute Gasteiger partial charge is 0.305 e. The van der Waals surface area contributed by atoms with Crippen molar-refractivity contribution in [3.05, 3.63) is 34.6 Å². The zero-order valence-electron chi connectivity index (χ0n) is 10.3. The number of ether oxygens (including phenoxy) is 1. The maximum atomic E-state index is 13.7. The van der Waals surface area contributed by atoms with Crippen molar-refractivity contribution in [3.8, 4) is 0 Å². The zero-order chi connectivity index (χ0) is 13.8. The van der Waals surface area contributed by atoms with E-state index in [4.69, 9.17) is 21.4 Å². The second-order valence-electron chi connectivity index (χ2n) is 4.53. The van der Waals surface area contributed by atoms with Crippen LogP contribution < -0.4 is 0 Å². The summed E-state index contributed by atoms with van der Waals surface area (Å²) >= 11 is 5.71.